The van der Waals surface area contributed by atoms with E-state index in [0.29, 0.717) is 57.4 Å². The molecule has 0 unspecified atom stereocenters. The van der Waals surface area contributed by atoms with Crippen molar-refractivity contribution < 1.29 is 17.9 Å². The zero-order valence-electron chi connectivity index (χ0n) is 19.4. The van der Waals surface area contributed by atoms with Gasteiger partial charge in [0.05, 0.1) is 18.1 Å². The number of sulfonamides is 1. The molecule has 0 bridgehead atoms. The Labute approximate surface area is 201 Å². The lowest BCUT2D eigenvalue weighted by atomic mass is 10.0. The van der Waals surface area contributed by atoms with Crippen molar-refractivity contribution in [1.29, 1.82) is 0 Å². The van der Waals surface area contributed by atoms with E-state index in [-0.39, 0.29) is 6.03 Å². The minimum absolute atomic E-state index is 0.109. The van der Waals surface area contributed by atoms with Crippen LogP contribution in [0.2, 0.25) is 0 Å². The molecule has 0 spiro atoms. The van der Waals surface area contributed by atoms with E-state index in [9.17, 15) is 13.2 Å². The average molecular weight is 485 g/mol. The van der Waals surface area contributed by atoms with Crippen molar-refractivity contribution in [3.63, 3.8) is 0 Å². The number of carbonyl (C=O) groups is 1. The average Bonchev–Trinajstić information content (AvgIpc) is 2.89. The standard InChI is InChI=1S/C25H32N4O4S/c30-25(28-15-17-33-18-16-28)27-13-11-26(12-14-27)19-21-5-7-24(8-6-21)34(31,32)29-10-9-22-3-1-2-4-23(22)20-29/h1-8H,9-20H2. The fourth-order valence-corrected chi connectivity index (χ4v) is 6.32. The largest absolute Gasteiger partial charge is 0.378 e. The van der Waals surface area contributed by atoms with E-state index in [0.717, 1.165) is 37.2 Å². The third-order valence-electron chi connectivity index (χ3n) is 6.99. The number of benzene rings is 2. The van der Waals surface area contributed by atoms with Crippen molar-refractivity contribution in [2.45, 2.75) is 24.4 Å². The van der Waals surface area contributed by atoms with Crippen molar-refractivity contribution in [1.82, 2.24) is 19.0 Å². The van der Waals surface area contributed by atoms with Crippen molar-refractivity contribution in [3.05, 3.63) is 65.2 Å². The van der Waals surface area contributed by atoms with Gasteiger partial charge < -0.3 is 14.5 Å². The lowest BCUT2D eigenvalue weighted by molar-refractivity contribution is 0.0373. The number of fused-ring (bicyclic) bond motifs is 1. The van der Waals surface area contributed by atoms with Gasteiger partial charge in [0, 0.05) is 58.9 Å². The maximum absolute atomic E-state index is 13.2. The Hall–Kier alpha value is -2.46. The first-order chi connectivity index (χ1) is 16.5. The van der Waals surface area contributed by atoms with Crippen LogP contribution in [0.25, 0.3) is 0 Å². The second-order valence-corrected chi connectivity index (χ2v) is 11.1. The lowest BCUT2D eigenvalue weighted by Gasteiger charge is -2.38. The highest BCUT2D eigenvalue weighted by atomic mass is 32.2. The quantitative estimate of drug-likeness (QED) is 0.664. The minimum atomic E-state index is -3.52. The molecular weight excluding hydrogens is 452 g/mol. The number of amides is 2. The molecule has 3 aliphatic rings. The van der Waals surface area contributed by atoms with Crippen LogP contribution >= 0.6 is 0 Å². The van der Waals surface area contributed by atoms with Gasteiger partial charge in [-0.2, -0.15) is 4.31 Å². The number of morpholine rings is 1. The summed E-state index contributed by atoms with van der Waals surface area (Å²) in [6.07, 6.45) is 0.744. The van der Waals surface area contributed by atoms with Crippen LogP contribution in [0, 0.1) is 0 Å². The van der Waals surface area contributed by atoms with Crippen LogP contribution in [0.1, 0.15) is 16.7 Å². The molecule has 3 heterocycles. The summed E-state index contributed by atoms with van der Waals surface area (Å²) in [6.45, 7) is 7.27. The van der Waals surface area contributed by atoms with Crippen LogP contribution in [0.15, 0.2) is 53.4 Å². The lowest BCUT2D eigenvalue weighted by Crippen LogP contribution is -2.54. The first kappa shape index (κ1) is 23.3. The molecule has 2 fully saturated rings. The van der Waals surface area contributed by atoms with Crippen LogP contribution in [0.3, 0.4) is 0 Å². The molecular formula is C25H32N4O4S. The van der Waals surface area contributed by atoms with Gasteiger partial charge in [-0.1, -0.05) is 36.4 Å². The van der Waals surface area contributed by atoms with Gasteiger partial charge in [0.25, 0.3) is 0 Å². The number of nitrogens with zero attached hydrogens (tertiary/aromatic N) is 4. The molecule has 0 radical (unpaired) electrons. The van der Waals surface area contributed by atoms with Crippen LogP contribution < -0.4 is 0 Å². The first-order valence-corrected chi connectivity index (χ1v) is 13.4. The van der Waals surface area contributed by atoms with E-state index in [2.05, 4.69) is 11.0 Å². The molecule has 2 aromatic rings. The van der Waals surface area contributed by atoms with Gasteiger partial charge in [-0.25, -0.2) is 13.2 Å². The molecule has 0 saturated carbocycles. The van der Waals surface area contributed by atoms with Crippen molar-refractivity contribution in [3.8, 4) is 0 Å². The van der Waals surface area contributed by atoms with E-state index in [1.165, 1.54) is 5.56 Å². The molecule has 9 heteroatoms. The van der Waals surface area contributed by atoms with Crippen molar-refractivity contribution >= 4 is 16.1 Å². The molecule has 5 rings (SSSR count). The number of hydrogen-bond donors (Lipinski definition) is 0. The Morgan fingerprint density at radius 3 is 2.15 bits per heavy atom. The Morgan fingerprint density at radius 1 is 0.794 bits per heavy atom. The second kappa shape index (κ2) is 10.0. The van der Waals surface area contributed by atoms with Crippen LogP contribution in [-0.2, 0) is 34.3 Å². The zero-order valence-corrected chi connectivity index (χ0v) is 20.3. The first-order valence-electron chi connectivity index (χ1n) is 12.0. The van der Waals surface area contributed by atoms with E-state index < -0.39 is 10.0 Å². The summed E-state index contributed by atoms with van der Waals surface area (Å²) < 4.78 is 33.3. The normalized spacial score (nSPS) is 20.2. The Balaban J connectivity index is 1.16. The highest BCUT2D eigenvalue weighted by Crippen LogP contribution is 2.25. The van der Waals surface area contributed by atoms with E-state index >= 15 is 0 Å². The van der Waals surface area contributed by atoms with Gasteiger partial charge in [0.15, 0.2) is 0 Å². The fraction of sp³-hybridized carbons (Fsp3) is 0.480. The third-order valence-corrected chi connectivity index (χ3v) is 8.85. The van der Waals surface area contributed by atoms with Crippen molar-refractivity contribution in [2.75, 3.05) is 59.0 Å². The van der Waals surface area contributed by atoms with E-state index in [4.69, 9.17) is 4.74 Å². The number of ether oxygens (including phenoxy) is 1. The zero-order chi connectivity index (χ0) is 23.5. The van der Waals surface area contributed by atoms with E-state index in [1.54, 1.807) is 16.4 Å². The highest BCUT2D eigenvalue weighted by molar-refractivity contribution is 7.89. The predicted molar refractivity (Wildman–Crippen MR) is 129 cm³/mol. The summed E-state index contributed by atoms with van der Waals surface area (Å²) in [6, 6.07) is 15.4. The molecule has 182 valence electrons. The maximum Gasteiger partial charge on any atom is 0.320 e. The van der Waals surface area contributed by atoms with Crippen LogP contribution in [0.4, 0.5) is 4.79 Å². The van der Waals surface area contributed by atoms with Crippen LogP contribution in [-0.4, -0.2) is 92.5 Å². The number of carbonyl (C=O) groups excluding carboxylic acids is 1. The van der Waals surface area contributed by atoms with Gasteiger partial charge in [0.2, 0.25) is 10.0 Å². The molecule has 2 amide bonds. The summed E-state index contributed by atoms with van der Waals surface area (Å²) in [5, 5.41) is 0. The minimum Gasteiger partial charge on any atom is -0.378 e. The molecule has 3 aliphatic heterocycles. The number of urea groups is 1. The Bertz CT molecular complexity index is 1110. The summed E-state index contributed by atoms with van der Waals surface area (Å²) >= 11 is 0. The van der Waals surface area contributed by atoms with Crippen LogP contribution in [0.5, 0.6) is 0 Å². The molecule has 0 N–H and O–H groups in total. The molecule has 0 atom stereocenters. The monoisotopic (exact) mass is 484 g/mol. The number of rotatable bonds is 4. The topological polar surface area (TPSA) is 73.4 Å². The van der Waals surface area contributed by atoms with Gasteiger partial charge in [-0.15, -0.1) is 0 Å². The van der Waals surface area contributed by atoms with Crippen molar-refractivity contribution in [2.24, 2.45) is 0 Å². The molecule has 8 nitrogen and oxygen atoms in total. The van der Waals surface area contributed by atoms with Gasteiger partial charge in [0.1, 0.15) is 0 Å². The Morgan fingerprint density at radius 2 is 1.44 bits per heavy atom. The second-order valence-electron chi connectivity index (χ2n) is 9.15. The SMILES string of the molecule is O=C(N1CCOCC1)N1CCN(Cc2ccc(S(=O)(=O)N3CCc4ccccc4C3)cc2)CC1. The van der Waals surface area contributed by atoms with E-state index in [1.807, 2.05) is 40.1 Å². The van der Waals surface area contributed by atoms with Gasteiger partial charge in [-0.05, 0) is 35.2 Å². The predicted octanol–water partition coefficient (Wildman–Crippen LogP) is 2.00. The summed E-state index contributed by atoms with van der Waals surface area (Å²) in [5.74, 6) is 0. The molecule has 0 aromatic heterocycles. The number of hydrogen-bond acceptors (Lipinski definition) is 5. The fourth-order valence-electron chi connectivity index (χ4n) is 4.90. The third kappa shape index (κ3) is 4.98. The smallest absolute Gasteiger partial charge is 0.320 e. The van der Waals surface area contributed by atoms with Gasteiger partial charge >= 0.3 is 6.03 Å². The molecule has 2 aromatic carbocycles. The summed E-state index contributed by atoms with van der Waals surface area (Å²) in [4.78, 5) is 19.1. The highest BCUT2D eigenvalue weighted by Gasteiger charge is 2.29. The maximum atomic E-state index is 13.2. The Kier molecular flexibility index (Phi) is 6.87. The molecule has 34 heavy (non-hydrogen) atoms. The summed E-state index contributed by atoms with van der Waals surface area (Å²) in [5.41, 5.74) is 3.40. The molecule has 0 aliphatic carbocycles. The molecule has 2 saturated heterocycles. The summed E-state index contributed by atoms with van der Waals surface area (Å²) in [7, 11) is -3.52. The number of piperazine rings is 1. The van der Waals surface area contributed by atoms with Gasteiger partial charge in [-0.3, -0.25) is 4.90 Å².